The summed E-state index contributed by atoms with van der Waals surface area (Å²) < 4.78 is 10.5. The monoisotopic (exact) mass is 382 g/mol. The maximum absolute atomic E-state index is 12.1. The lowest BCUT2D eigenvalue weighted by atomic mass is 9.97. The number of nitrogens with zero attached hydrogens (tertiary/aromatic N) is 1. The molecule has 26 heavy (non-hydrogen) atoms. The molecular weight excluding hydrogens is 352 g/mol. The van der Waals surface area contributed by atoms with Crippen molar-refractivity contribution in [1.82, 2.24) is 10.2 Å². The van der Waals surface area contributed by atoms with Crippen LogP contribution in [0.5, 0.6) is 0 Å². The normalized spacial score (nSPS) is 15.8. The van der Waals surface area contributed by atoms with Gasteiger partial charge in [-0.1, -0.05) is 0 Å². The van der Waals surface area contributed by atoms with Crippen LogP contribution in [0, 0.1) is 5.92 Å². The van der Waals surface area contributed by atoms with Crippen molar-refractivity contribution >= 4 is 23.4 Å². The van der Waals surface area contributed by atoms with Gasteiger partial charge < -0.3 is 19.7 Å². The minimum atomic E-state index is -0.452. The van der Waals surface area contributed by atoms with Crippen molar-refractivity contribution in [3.8, 4) is 0 Å². The summed E-state index contributed by atoms with van der Waals surface area (Å²) in [6.45, 7) is 10.8. The number of carbonyl (C=O) groups is 2. The van der Waals surface area contributed by atoms with Crippen molar-refractivity contribution < 1.29 is 19.1 Å². The highest BCUT2D eigenvalue weighted by Gasteiger charge is 2.26. The largest absolute Gasteiger partial charge is 0.462 e. The molecule has 0 spiro atoms. The molecule has 1 saturated heterocycles. The second-order valence-electron chi connectivity index (χ2n) is 7.54. The maximum Gasteiger partial charge on any atom is 0.410 e. The molecule has 0 radical (unpaired) electrons. The number of ether oxygens (including phenoxy) is 2. The molecule has 146 valence electrons. The summed E-state index contributed by atoms with van der Waals surface area (Å²) in [4.78, 5) is 26.5. The minimum Gasteiger partial charge on any atom is -0.462 e. The summed E-state index contributed by atoms with van der Waals surface area (Å²) in [6.07, 6.45) is 1.70. The van der Waals surface area contributed by atoms with Crippen LogP contribution in [0.25, 0.3) is 0 Å². The van der Waals surface area contributed by atoms with Crippen molar-refractivity contribution in [1.29, 1.82) is 0 Å². The third kappa shape index (κ3) is 6.29. The maximum atomic E-state index is 12.1. The zero-order chi connectivity index (χ0) is 19.2. The lowest BCUT2D eigenvalue weighted by molar-refractivity contribution is 0.0184. The quantitative estimate of drug-likeness (QED) is 0.761. The van der Waals surface area contributed by atoms with Gasteiger partial charge in [0.25, 0.3) is 0 Å². The molecule has 1 aromatic heterocycles. The van der Waals surface area contributed by atoms with Crippen LogP contribution in [0.15, 0.2) is 11.4 Å². The molecule has 0 bridgehead atoms. The van der Waals surface area contributed by atoms with Gasteiger partial charge >= 0.3 is 12.1 Å². The van der Waals surface area contributed by atoms with Crippen LogP contribution in [-0.2, 0) is 16.0 Å². The molecule has 1 aliphatic rings. The van der Waals surface area contributed by atoms with E-state index in [1.54, 1.807) is 4.90 Å². The SMILES string of the molecule is CCOC(=O)c1sccc1CNCC1CCN(C(=O)OC(C)(C)C)CC1. The lowest BCUT2D eigenvalue weighted by Crippen LogP contribution is -2.43. The summed E-state index contributed by atoms with van der Waals surface area (Å²) in [5.74, 6) is 0.281. The third-order valence-corrected chi connectivity index (χ3v) is 5.16. The first-order chi connectivity index (χ1) is 12.3. The molecule has 2 rings (SSSR count). The highest BCUT2D eigenvalue weighted by Crippen LogP contribution is 2.21. The van der Waals surface area contributed by atoms with Gasteiger partial charge in [-0.05, 0) is 70.0 Å². The van der Waals surface area contributed by atoms with Gasteiger partial charge in [-0.2, -0.15) is 0 Å². The zero-order valence-corrected chi connectivity index (χ0v) is 17.0. The summed E-state index contributed by atoms with van der Waals surface area (Å²) >= 11 is 1.42. The van der Waals surface area contributed by atoms with E-state index in [4.69, 9.17) is 9.47 Å². The van der Waals surface area contributed by atoms with Gasteiger partial charge in [-0.25, -0.2) is 9.59 Å². The van der Waals surface area contributed by atoms with E-state index in [0.29, 0.717) is 23.9 Å². The molecule has 7 heteroatoms. The van der Waals surface area contributed by atoms with E-state index in [9.17, 15) is 9.59 Å². The molecule has 1 amide bonds. The smallest absolute Gasteiger partial charge is 0.410 e. The first kappa shape index (κ1) is 20.7. The number of piperidine rings is 1. The van der Waals surface area contributed by atoms with Crippen LogP contribution in [-0.4, -0.2) is 48.8 Å². The molecule has 1 fully saturated rings. The number of esters is 1. The molecule has 0 aliphatic carbocycles. The van der Waals surface area contributed by atoms with Crippen LogP contribution in [0.3, 0.4) is 0 Å². The van der Waals surface area contributed by atoms with Crippen LogP contribution in [0.1, 0.15) is 55.8 Å². The first-order valence-electron chi connectivity index (χ1n) is 9.22. The van der Waals surface area contributed by atoms with E-state index >= 15 is 0 Å². The van der Waals surface area contributed by atoms with E-state index < -0.39 is 5.60 Å². The van der Waals surface area contributed by atoms with Gasteiger partial charge in [-0.3, -0.25) is 0 Å². The van der Waals surface area contributed by atoms with Crippen molar-refractivity contribution in [3.05, 3.63) is 21.9 Å². The number of nitrogens with one attached hydrogen (secondary N) is 1. The number of likely N-dealkylation sites (tertiary alicyclic amines) is 1. The predicted octanol–water partition coefficient (Wildman–Crippen LogP) is 3.66. The third-order valence-electron chi connectivity index (χ3n) is 4.22. The number of amides is 1. The zero-order valence-electron chi connectivity index (χ0n) is 16.2. The summed E-state index contributed by atoms with van der Waals surface area (Å²) in [5.41, 5.74) is 0.534. The summed E-state index contributed by atoms with van der Waals surface area (Å²) in [5, 5.41) is 5.36. The van der Waals surface area contributed by atoms with Crippen LogP contribution >= 0.6 is 11.3 Å². The molecule has 2 heterocycles. The second-order valence-corrected chi connectivity index (χ2v) is 8.45. The number of thiophene rings is 1. The summed E-state index contributed by atoms with van der Waals surface area (Å²) in [7, 11) is 0. The van der Waals surface area contributed by atoms with Gasteiger partial charge in [0.05, 0.1) is 6.61 Å². The van der Waals surface area contributed by atoms with Gasteiger partial charge in [0.1, 0.15) is 10.5 Å². The molecule has 0 unspecified atom stereocenters. The van der Waals surface area contributed by atoms with Crippen LogP contribution in [0.4, 0.5) is 4.79 Å². The Balaban J connectivity index is 1.72. The summed E-state index contributed by atoms with van der Waals surface area (Å²) in [6, 6.07) is 1.97. The van der Waals surface area contributed by atoms with E-state index in [0.717, 1.165) is 38.0 Å². The fraction of sp³-hybridized carbons (Fsp3) is 0.684. The van der Waals surface area contributed by atoms with E-state index in [1.165, 1.54) is 11.3 Å². The Labute approximate surface area is 159 Å². The Morgan fingerprint density at radius 1 is 1.31 bits per heavy atom. The minimum absolute atomic E-state index is 0.221. The molecule has 6 nitrogen and oxygen atoms in total. The molecule has 1 aromatic rings. The Morgan fingerprint density at radius 2 is 2.00 bits per heavy atom. The van der Waals surface area contributed by atoms with Crippen molar-refractivity contribution in [3.63, 3.8) is 0 Å². The van der Waals surface area contributed by atoms with Crippen molar-refractivity contribution in [2.45, 2.75) is 52.7 Å². The first-order valence-corrected chi connectivity index (χ1v) is 10.1. The molecule has 0 saturated carbocycles. The number of hydrogen-bond acceptors (Lipinski definition) is 6. The predicted molar refractivity (Wildman–Crippen MR) is 103 cm³/mol. The topological polar surface area (TPSA) is 67.9 Å². The van der Waals surface area contributed by atoms with Gasteiger partial charge in [0, 0.05) is 19.6 Å². The average molecular weight is 383 g/mol. The van der Waals surface area contributed by atoms with Crippen LogP contribution < -0.4 is 5.32 Å². The molecule has 0 atom stereocenters. The van der Waals surface area contributed by atoms with E-state index in [2.05, 4.69) is 5.32 Å². The van der Waals surface area contributed by atoms with Crippen LogP contribution in [0.2, 0.25) is 0 Å². The van der Waals surface area contributed by atoms with Gasteiger partial charge in [0.15, 0.2) is 0 Å². The second kappa shape index (κ2) is 9.37. The highest BCUT2D eigenvalue weighted by molar-refractivity contribution is 7.12. The Morgan fingerprint density at radius 3 is 2.62 bits per heavy atom. The fourth-order valence-electron chi connectivity index (χ4n) is 2.91. The Hall–Kier alpha value is -1.60. The average Bonchev–Trinajstić information content (AvgIpc) is 3.03. The van der Waals surface area contributed by atoms with E-state index in [1.807, 2.05) is 39.1 Å². The molecule has 1 aliphatic heterocycles. The van der Waals surface area contributed by atoms with Crippen molar-refractivity contribution in [2.75, 3.05) is 26.2 Å². The molecule has 1 N–H and O–H groups in total. The Kier molecular flexibility index (Phi) is 7.46. The van der Waals surface area contributed by atoms with Gasteiger partial charge in [0.2, 0.25) is 0 Å². The molecule has 0 aromatic carbocycles. The number of carbonyl (C=O) groups excluding carboxylic acids is 2. The molecular formula is C19H30N2O4S. The van der Waals surface area contributed by atoms with Crippen molar-refractivity contribution in [2.24, 2.45) is 5.92 Å². The number of rotatable bonds is 6. The van der Waals surface area contributed by atoms with E-state index in [-0.39, 0.29) is 12.1 Å². The number of hydrogen-bond donors (Lipinski definition) is 1. The standard InChI is InChI=1S/C19H30N2O4S/c1-5-24-17(22)16-15(8-11-26-16)13-20-12-14-6-9-21(10-7-14)18(23)25-19(2,3)4/h8,11,14,20H,5-7,9-10,12-13H2,1-4H3. The Bertz CT molecular complexity index is 601. The highest BCUT2D eigenvalue weighted by atomic mass is 32.1. The fourth-order valence-corrected chi connectivity index (χ4v) is 3.72. The van der Waals surface area contributed by atoms with Gasteiger partial charge in [-0.15, -0.1) is 11.3 Å². The lowest BCUT2D eigenvalue weighted by Gasteiger charge is -2.33.